The van der Waals surface area contributed by atoms with Crippen LogP contribution in [0.1, 0.15) is 17.0 Å². The molecule has 118 valence electrons. The number of hydrogen-bond acceptors (Lipinski definition) is 3. The lowest BCUT2D eigenvalue weighted by molar-refractivity contribution is 0.167. The van der Waals surface area contributed by atoms with Crippen molar-refractivity contribution >= 4 is 0 Å². The van der Waals surface area contributed by atoms with Gasteiger partial charge in [-0.1, -0.05) is 42.5 Å². The fourth-order valence-electron chi connectivity index (χ4n) is 4.88. The second kappa shape index (κ2) is 5.17. The van der Waals surface area contributed by atoms with Gasteiger partial charge in [0.15, 0.2) is 0 Å². The van der Waals surface area contributed by atoms with E-state index in [0.717, 1.165) is 26.1 Å². The second-order valence-electron chi connectivity index (χ2n) is 7.20. The third-order valence-corrected chi connectivity index (χ3v) is 5.78. The van der Waals surface area contributed by atoms with Crippen LogP contribution in [-0.4, -0.2) is 37.7 Å². The predicted molar refractivity (Wildman–Crippen MR) is 93.0 cm³/mol. The summed E-state index contributed by atoms with van der Waals surface area (Å²) in [5.41, 5.74) is 11.5. The van der Waals surface area contributed by atoms with Gasteiger partial charge in [-0.25, -0.2) is 10.4 Å². The van der Waals surface area contributed by atoms with E-state index < -0.39 is 0 Å². The van der Waals surface area contributed by atoms with Gasteiger partial charge in [0.2, 0.25) is 0 Å². The summed E-state index contributed by atoms with van der Waals surface area (Å²) in [6.45, 7) is 3.12. The molecule has 0 bridgehead atoms. The maximum atomic E-state index is 3.70. The van der Waals surface area contributed by atoms with Crippen LogP contribution < -0.4 is 10.7 Å². The van der Waals surface area contributed by atoms with Crippen LogP contribution in [-0.2, 0) is 6.42 Å². The van der Waals surface area contributed by atoms with Crippen molar-refractivity contribution in [1.82, 2.24) is 15.8 Å². The smallest absolute Gasteiger partial charge is 0.0561 e. The third kappa shape index (κ3) is 2.08. The Morgan fingerprint density at radius 3 is 3.04 bits per heavy atom. The van der Waals surface area contributed by atoms with Crippen molar-refractivity contribution in [3.63, 3.8) is 0 Å². The largest absolute Gasteiger partial charge is 0.314 e. The van der Waals surface area contributed by atoms with E-state index in [-0.39, 0.29) is 0 Å². The number of nitrogens with one attached hydrogen (secondary N) is 2. The van der Waals surface area contributed by atoms with Gasteiger partial charge in [0.05, 0.1) is 6.04 Å². The molecule has 3 unspecified atom stereocenters. The van der Waals surface area contributed by atoms with Crippen molar-refractivity contribution in [2.45, 2.75) is 18.4 Å². The normalized spacial score (nSPS) is 32.6. The molecule has 5 rings (SSSR count). The van der Waals surface area contributed by atoms with E-state index in [9.17, 15) is 0 Å². The van der Waals surface area contributed by atoms with Crippen molar-refractivity contribution in [2.75, 3.05) is 26.7 Å². The molecule has 0 aromatic heterocycles. The molecule has 0 spiro atoms. The Kier molecular flexibility index (Phi) is 3.08. The van der Waals surface area contributed by atoms with Gasteiger partial charge < -0.3 is 5.32 Å². The predicted octanol–water partition coefficient (Wildman–Crippen LogP) is 2.16. The van der Waals surface area contributed by atoms with E-state index in [1.54, 1.807) is 11.1 Å². The average Bonchev–Trinajstić information content (AvgIpc) is 2.82. The first kappa shape index (κ1) is 13.7. The average molecular weight is 305 g/mol. The summed E-state index contributed by atoms with van der Waals surface area (Å²) >= 11 is 0. The highest BCUT2D eigenvalue weighted by molar-refractivity contribution is 5.57. The van der Waals surface area contributed by atoms with Crippen LogP contribution in [0.3, 0.4) is 0 Å². The Hall–Kier alpha value is -1.68. The topological polar surface area (TPSA) is 27.3 Å². The Bertz CT molecular complexity index is 743. The summed E-state index contributed by atoms with van der Waals surface area (Å²) in [7, 11) is 2.18. The highest BCUT2D eigenvalue weighted by Gasteiger charge is 2.40. The van der Waals surface area contributed by atoms with Crippen molar-refractivity contribution in [1.29, 1.82) is 0 Å². The number of benzene rings is 1. The number of hydrogen-bond donors (Lipinski definition) is 2. The minimum Gasteiger partial charge on any atom is -0.314 e. The van der Waals surface area contributed by atoms with Gasteiger partial charge in [0.1, 0.15) is 0 Å². The van der Waals surface area contributed by atoms with E-state index in [2.05, 4.69) is 65.3 Å². The summed E-state index contributed by atoms with van der Waals surface area (Å²) in [5.74, 6) is 1.04. The standard InChI is InChI=1S/C20H23N3/c1-23-12-17-16-8-3-2-5-13(16)9-14-6-4-7-15-10-21-11-18(22-23)20(17)19(14)15/h2-8,15,17-18,21-22H,9-12H2,1H3. The summed E-state index contributed by atoms with van der Waals surface area (Å²) in [4.78, 5) is 0. The molecule has 0 saturated carbocycles. The molecule has 0 amide bonds. The molecule has 2 aliphatic heterocycles. The number of likely N-dealkylation sites (N-methyl/N-ethyl adjacent to an activating group) is 1. The molecular formula is C20H23N3. The van der Waals surface area contributed by atoms with Gasteiger partial charge in [-0.2, -0.15) is 0 Å². The second-order valence-corrected chi connectivity index (χ2v) is 7.20. The van der Waals surface area contributed by atoms with Crippen LogP contribution in [0.4, 0.5) is 0 Å². The van der Waals surface area contributed by atoms with Crippen molar-refractivity contribution < 1.29 is 0 Å². The molecule has 3 atom stereocenters. The molecule has 0 radical (unpaired) electrons. The summed E-state index contributed by atoms with van der Waals surface area (Å²) in [5, 5.41) is 5.95. The first-order chi connectivity index (χ1) is 11.3. The lowest BCUT2D eigenvalue weighted by Gasteiger charge is -2.40. The van der Waals surface area contributed by atoms with E-state index in [1.807, 2.05) is 0 Å². The zero-order chi connectivity index (χ0) is 15.4. The van der Waals surface area contributed by atoms with Crippen LogP contribution in [0.25, 0.3) is 0 Å². The van der Waals surface area contributed by atoms with Gasteiger partial charge in [-0.15, -0.1) is 0 Å². The molecule has 1 fully saturated rings. The summed E-state index contributed by atoms with van der Waals surface area (Å²) in [6.07, 6.45) is 8.06. The fourth-order valence-corrected chi connectivity index (χ4v) is 4.88. The molecule has 1 saturated heterocycles. The van der Waals surface area contributed by atoms with Crippen molar-refractivity contribution in [3.05, 3.63) is 70.3 Å². The lowest BCUT2D eigenvalue weighted by Crippen LogP contribution is -2.54. The molecule has 2 N–H and O–H groups in total. The Morgan fingerprint density at radius 1 is 1.17 bits per heavy atom. The van der Waals surface area contributed by atoms with Gasteiger partial charge in [-0.3, -0.25) is 0 Å². The van der Waals surface area contributed by atoms with Gasteiger partial charge in [-0.05, 0) is 34.3 Å². The number of nitrogens with zero attached hydrogens (tertiary/aromatic N) is 1. The SMILES string of the molecule is CN1CC2C3=C4C(=CC=CC4CNCC3N1)Cc1ccccc12. The molecule has 3 heteroatoms. The summed E-state index contributed by atoms with van der Waals surface area (Å²) in [6, 6.07) is 9.47. The Balaban J connectivity index is 1.78. The third-order valence-electron chi connectivity index (χ3n) is 5.78. The van der Waals surface area contributed by atoms with Crippen molar-refractivity contribution in [3.8, 4) is 0 Å². The Labute approximate surface area is 137 Å². The molecule has 1 aromatic rings. The van der Waals surface area contributed by atoms with Gasteiger partial charge in [0.25, 0.3) is 0 Å². The minimum atomic E-state index is 0.403. The van der Waals surface area contributed by atoms with Crippen molar-refractivity contribution in [2.24, 2.45) is 5.92 Å². The Morgan fingerprint density at radius 2 is 2.09 bits per heavy atom. The minimum absolute atomic E-state index is 0.403. The molecule has 2 aliphatic carbocycles. The van der Waals surface area contributed by atoms with Crippen LogP contribution in [0.2, 0.25) is 0 Å². The van der Waals surface area contributed by atoms with Crippen LogP contribution in [0, 0.1) is 5.92 Å². The summed E-state index contributed by atoms with van der Waals surface area (Å²) < 4.78 is 0. The monoisotopic (exact) mass is 305 g/mol. The van der Waals surface area contributed by atoms with Gasteiger partial charge >= 0.3 is 0 Å². The molecule has 2 heterocycles. The number of allylic oxidation sites excluding steroid dienone is 3. The van der Waals surface area contributed by atoms with Gasteiger partial charge in [0, 0.05) is 38.5 Å². The van der Waals surface area contributed by atoms with E-state index in [0.29, 0.717) is 17.9 Å². The van der Waals surface area contributed by atoms with Crippen LogP contribution >= 0.6 is 0 Å². The molecule has 4 aliphatic rings. The molecule has 23 heavy (non-hydrogen) atoms. The first-order valence-corrected chi connectivity index (χ1v) is 8.69. The first-order valence-electron chi connectivity index (χ1n) is 8.69. The lowest BCUT2D eigenvalue weighted by atomic mass is 9.78. The quantitative estimate of drug-likeness (QED) is 0.769. The van der Waals surface area contributed by atoms with E-state index in [1.165, 1.54) is 16.7 Å². The molecular weight excluding hydrogens is 282 g/mol. The highest BCUT2D eigenvalue weighted by Crippen LogP contribution is 2.45. The van der Waals surface area contributed by atoms with E-state index in [4.69, 9.17) is 0 Å². The van der Waals surface area contributed by atoms with Crippen LogP contribution in [0.15, 0.2) is 59.2 Å². The molecule has 1 aromatic carbocycles. The highest BCUT2D eigenvalue weighted by atomic mass is 15.5. The maximum absolute atomic E-state index is 3.70. The zero-order valence-electron chi connectivity index (χ0n) is 13.5. The number of fused-ring (bicyclic) bond motifs is 2. The maximum Gasteiger partial charge on any atom is 0.0561 e. The van der Waals surface area contributed by atoms with Crippen LogP contribution in [0.5, 0.6) is 0 Å². The molecule has 3 nitrogen and oxygen atoms in total. The van der Waals surface area contributed by atoms with E-state index >= 15 is 0 Å². The zero-order valence-corrected chi connectivity index (χ0v) is 13.5. The number of rotatable bonds is 0. The number of hydrazine groups is 1. The fraction of sp³-hybridized carbons (Fsp3) is 0.400.